The highest BCUT2D eigenvalue weighted by Gasteiger charge is 2.06. The van der Waals surface area contributed by atoms with Crippen LogP contribution in [0.25, 0.3) is 0 Å². The molecule has 0 bridgehead atoms. The lowest BCUT2D eigenvalue weighted by atomic mass is 10.2. The molecule has 8 heteroatoms. The van der Waals surface area contributed by atoms with Gasteiger partial charge < -0.3 is 20.5 Å². The summed E-state index contributed by atoms with van der Waals surface area (Å²) in [5, 5.41) is 3.64. The van der Waals surface area contributed by atoms with Gasteiger partial charge in [-0.05, 0) is 29.8 Å². The Bertz CT molecular complexity index is 728. The molecule has 3 N–H and O–H groups in total. The van der Waals surface area contributed by atoms with E-state index >= 15 is 0 Å². The van der Waals surface area contributed by atoms with E-state index in [1.54, 1.807) is 32.4 Å². The molecule has 2 rings (SSSR count). The number of anilines is 1. The van der Waals surface area contributed by atoms with Gasteiger partial charge in [0.05, 0.1) is 26.5 Å². The van der Waals surface area contributed by atoms with Crippen LogP contribution < -0.4 is 20.5 Å². The van der Waals surface area contributed by atoms with Gasteiger partial charge in [0.1, 0.15) is 11.5 Å². The first-order valence-electron chi connectivity index (χ1n) is 6.76. The minimum Gasteiger partial charge on any atom is -0.497 e. The van der Waals surface area contributed by atoms with Gasteiger partial charge in [-0.25, -0.2) is 4.99 Å². The van der Waals surface area contributed by atoms with Gasteiger partial charge in [-0.1, -0.05) is 33.6 Å². The topological polar surface area (TPSA) is 68.9 Å². The maximum atomic E-state index is 6.16. The molecule has 2 aromatic carbocycles. The van der Waals surface area contributed by atoms with Crippen LogP contribution in [0.5, 0.6) is 11.5 Å². The van der Waals surface area contributed by atoms with E-state index in [1.807, 2.05) is 18.2 Å². The van der Waals surface area contributed by atoms with Crippen molar-refractivity contribution in [3.63, 3.8) is 0 Å². The average molecular weight is 527 g/mol. The zero-order valence-corrected chi connectivity index (χ0v) is 17.8. The van der Waals surface area contributed by atoms with Gasteiger partial charge in [-0.3, -0.25) is 0 Å². The van der Waals surface area contributed by atoms with Gasteiger partial charge in [0.2, 0.25) is 0 Å². The standard InChI is InChI=1S/C16H17BrClN3O2.HI/c1-22-12-5-6-15(23-2)14(8-12)21-16(19)20-9-10-3-4-11(17)7-13(10)18;/h3-8H,9H2,1-2H3,(H3,19,20,21);1H. The van der Waals surface area contributed by atoms with Crippen LogP contribution in [-0.2, 0) is 6.54 Å². The fourth-order valence-electron chi connectivity index (χ4n) is 1.91. The summed E-state index contributed by atoms with van der Waals surface area (Å²) in [5.74, 6) is 1.60. The summed E-state index contributed by atoms with van der Waals surface area (Å²) in [6, 6.07) is 11.0. The molecule has 0 amide bonds. The zero-order chi connectivity index (χ0) is 16.8. The van der Waals surface area contributed by atoms with Crippen molar-refractivity contribution in [1.82, 2.24) is 0 Å². The molecule has 0 radical (unpaired) electrons. The summed E-state index contributed by atoms with van der Waals surface area (Å²) in [6.45, 7) is 0.372. The third kappa shape index (κ3) is 5.71. The fourth-order valence-corrected chi connectivity index (χ4v) is 2.64. The smallest absolute Gasteiger partial charge is 0.193 e. The second-order valence-electron chi connectivity index (χ2n) is 4.63. The summed E-state index contributed by atoms with van der Waals surface area (Å²) in [5.41, 5.74) is 7.50. The molecule has 0 atom stereocenters. The van der Waals surface area contributed by atoms with E-state index in [2.05, 4.69) is 26.2 Å². The molecular formula is C16H18BrClIN3O2. The minimum absolute atomic E-state index is 0. The Morgan fingerprint density at radius 2 is 1.96 bits per heavy atom. The van der Waals surface area contributed by atoms with Gasteiger partial charge in [0.25, 0.3) is 0 Å². The Kier molecular flexibility index (Phi) is 8.65. The van der Waals surface area contributed by atoms with Crippen molar-refractivity contribution in [1.29, 1.82) is 0 Å². The number of ether oxygens (including phenoxy) is 2. The summed E-state index contributed by atoms with van der Waals surface area (Å²) in [7, 11) is 3.18. The number of rotatable bonds is 5. The van der Waals surface area contributed by atoms with Crippen LogP contribution >= 0.6 is 51.5 Å². The predicted molar refractivity (Wildman–Crippen MR) is 113 cm³/mol. The Hall–Kier alpha value is -1.19. The molecule has 5 nitrogen and oxygen atoms in total. The maximum absolute atomic E-state index is 6.16. The molecule has 0 aliphatic rings. The second-order valence-corrected chi connectivity index (χ2v) is 5.95. The molecule has 24 heavy (non-hydrogen) atoms. The van der Waals surface area contributed by atoms with Gasteiger partial charge in [-0.15, -0.1) is 24.0 Å². The number of aliphatic imine (C=N–C) groups is 1. The molecule has 0 aliphatic carbocycles. The first-order valence-corrected chi connectivity index (χ1v) is 7.93. The molecule has 0 fully saturated rings. The summed E-state index contributed by atoms with van der Waals surface area (Å²) >= 11 is 9.53. The molecule has 0 aromatic heterocycles. The number of nitrogens with two attached hydrogens (primary N) is 1. The molecule has 2 aromatic rings. The highest BCUT2D eigenvalue weighted by molar-refractivity contribution is 14.0. The molecule has 130 valence electrons. The normalized spacial score (nSPS) is 10.8. The van der Waals surface area contributed by atoms with Crippen molar-refractivity contribution >= 4 is 63.2 Å². The zero-order valence-electron chi connectivity index (χ0n) is 13.2. The third-order valence-corrected chi connectivity index (χ3v) is 3.95. The van der Waals surface area contributed by atoms with Crippen LogP contribution in [0.15, 0.2) is 45.9 Å². The maximum Gasteiger partial charge on any atom is 0.193 e. The quantitative estimate of drug-likeness (QED) is 0.338. The number of hydrogen-bond donors (Lipinski definition) is 2. The molecule has 0 unspecified atom stereocenters. The van der Waals surface area contributed by atoms with Crippen molar-refractivity contribution in [3.05, 3.63) is 51.5 Å². The SMILES string of the molecule is COc1ccc(OC)c(NC(N)=NCc2ccc(Br)cc2Cl)c1.I. The number of guanidine groups is 1. The van der Waals surface area contributed by atoms with E-state index in [1.165, 1.54) is 0 Å². The Morgan fingerprint density at radius 3 is 2.58 bits per heavy atom. The summed E-state index contributed by atoms with van der Waals surface area (Å²) in [6.07, 6.45) is 0. The minimum atomic E-state index is 0. The van der Waals surface area contributed by atoms with Crippen LogP contribution in [0.4, 0.5) is 5.69 Å². The van der Waals surface area contributed by atoms with E-state index in [0.29, 0.717) is 28.8 Å². The molecular weight excluding hydrogens is 508 g/mol. The number of methoxy groups -OCH3 is 2. The summed E-state index contributed by atoms with van der Waals surface area (Å²) in [4.78, 5) is 4.30. The largest absolute Gasteiger partial charge is 0.497 e. The van der Waals surface area contributed by atoms with Crippen LogP contribution in [-0.4, -0.2) is 20.2 Å². The third-order valence-electron chi connectivity index (χ3n) is 3.10. The van der Waals surface area contributed by atoms with E-state index in [4.69, 9.17) is 26.8 Å². The van der Waals surface area contributed by atoms with Crippen molar-refractivity contribution < 1.29 is 9.47 Å². The van der Waals surface area contributed by atoms with Crippen molar-refractivity contribution in [3.8, 4) is 11.5 Å². The Morgan fingerprint density at radius 1 is 1.21 bits per heavy atom. The number of nitrogens with zero attached hydrogens (tertiary/aromatic N) is 1. The van der Waals surface area contributed by atoms with Crippen LogP contribution in [0, 0.1) is 0 Å². The fraction of sp³-hybridized carbons (Fsp3) is 0.188. The van der Waals surface area contributed by atoms with E-state index in [-0.39, 0.29) is 29.9 Å². The number of nitrogens with one attached hydrogen (secondary N) is 1. The first-order chi connectivity index (χ1) is 11.0. The Balaban J connectivity index is 0.00000288. The Labute approximate surface area is 171 Å². The van der Waals surface area contributed by atoms with Gasteiger partial charge in [-0.2, -0.15) is 0 Å². The van der Waals surface area contributed by atoms with Crippen LogP contribution in [0.2, 0.25) is 5.02 Å². The van der Waals surface area contributed by atoms with Gasteiger partial charge in [0.15, 0.2) is 5.96 Å². The number of hydrogen-bond acceptors (Lipinski definition) is 3. The summed E-state index contributed by atoms with van der Waals surface area (Å²) < 4.78 is 11.4. The highest BCUT2D eigenvalue weighted by Crippen LogP contribution is 2.28. The van der Waals surface area contributed by atoms with Crippen molar-refractivity contribution in [2.75, 3.05) is 19.5 Å². The van der Waals surface area contributed by atoms with Gasteiger partial charge in [0, 0.05) is 15.6 Å². The monoisotopic (exact) mass is 525 g/mol. The predicted octanol–water partition coefficient (Wildman–Crippen LogP) is 4.66. The van der Waals surface area contributed by atoms with Crippen molar-refractivity contribution in [2.24, 2.45) is 10.7 Å². The van der Waals surface area contributed by atoms with E-state index < -0.39 is 0 Å². The van der Waals surface area contributed by atoms with Gasteiger partial charge >= 0.3 is 0 Å². The lowest BCUT2D eigenvalue weighted by molar-refractivity contribution is 0.405. The van der Waals surface area contributed by atoms with E-state index in [0.717, 1.165) is 10.0 Å². The highest BCUT2D eigenvalue weighted by atomic mass is 127. The molecule has 0 saturated heterocycles. The lowest BCUT2D eigenvalue weighted by Crippen LogP contribution is -2.23. The van der Waals surface area contributed by atoms with Crippen molar-refractivity contribution in [2.45, 2.75) is 6.54 Å². The van der Waals surface area contributed by atoms with E-state index in [9.17, 15) is 0 Å². The number of benzene rings is 2. The van der Waals surface area contributed by atoms with Crippen LogP contribution in [0.1, 0.15) is 5.56 Å². The molecule has 0 spiro atoms. The molecule has 0 heterocycles. The first kappa shape index (κ1) is 20.9. The molecule has 0 saturated carbocycles. The average Bonchev–Trinajstić information content (AvgIpc) is 2.54. The number of halogens is 3. The molecule has 0 aliphatic heterocycles. The second kappa shape index (κ2) is 9.95. The van der Waals surface area contributed by atoms with Crippen LogP contribution in [0.3, 0.4) is 0 Å². The lowest BCUT2D eigenvalue weighted by Gasteiger charge is -2.12.